The minimum Gasteiger partial charge on any atom is -0.273 e. The Morgan fingerprint density at radius 3 is 2.58 bits per heavy atom. The molecule has 0 unspecified atom stereocenters. The summed E-state index contributed by atoms with van der Waals surface area (Å²) in [4.78, 5) is 3.72. The molecule has 1 aliphatic carbocycles. The lowest BCUT2D eigenvalue weighted by molar-refractivity contribution is 0.656. The third-order valence-corrected chi connectivity index (χ3v) is 2.53. The van der Waals surface area contributed by atoms with Crippen molar-refractivity contribution in [2.75, 3.05) is 0 Å². The second-order valence-corrected chi connectivity index (χ2v) is 3.27. The van der Waals surface area contributed by atoms with Crippen molar-refractivity contribution in [3.63, 3.8) is 0 Å². The van der Waals surface area contributed by atoms with Gasteiger partial charge in [-0.05, 0) is 44.0 Å². The van der Waals surface area contributed by atoms with Crippen LogP contribution < -0.4 is 0 Å². The summed E-state index contributed by atoms with van der Waals surface area (Å²) in [5.41, 5.74) is 1.43. The zero-order chi connectivity index (χ0) is 8.81. The Morgan fingerprint density at radius 1 is 1.42 bits per heavy atom. The van der Waals surface area contributed by atoms with E-state index in [-0.39, 0.29) is 0 Å². The minimum atomic E-state index is 0.785. The Hall–Kier alpha value is -0.850. The van der Waals surface area contributed by atoms with E-state index in [1.54, 1.807) is 6.20 Å². The first-order valence-corrected chi connectivity index (χ1v) is 4.67. The lowest BCUT2D eigenvalue weighted by atomic mass is 9.97. The fourth-order valence-corrected chi connectivity index (χ4v) is 1.87. The average molecular weight is 163 g/mol. The van der Waals surface area contributed by atoms with Crippen molar-refractivity contribution in [1.82, 2.24) is 0 Å². The van der Waals surface area contributed by atoms with Crippen LogP contribution in [0.3, 0.4) is 0 Å². The molecule has 0 saturated heterocycles. The molecule has 1 nitrogen and oxygen atoms in total. The maximum Gasteiger partial charge on any atom is 0.0263 e. The third kappa shape index (κ3) is 2.33. The Morgan fingerprint density at radius 2 is 2.08 bits per heavy atom. The standard InChI is InChI=1S/C11H17N/c1-3-10(8-9-12-2)11-6-4-5-7-11/h3,8-9,11H,2,4-7H2,1H3/b9-8-,10-3+. The van der Waals surface area contributed by atoms with Gasteiger partial charge in [0.05, 0.1) is 0 Å². The smallest absolute Gasteiger partial charge is 0.0263 e. The summed E-state index contributed by atoms with van der Waals surface area (Å²) in [6.45, 7) is 5.53. The number of aliphatic imine (C=N–C) groups is 1. The SMILES string of the molecule is C=N/C=C\C(=C/C)C1CCCC1. The van der Waals surface area contributed by atoms with Crippen LogP contribution >= 0.6 is 0 Å². The molecule has 66 valence electrons. The molecule has 0 spiro atoms. The fourth-order valence-electron chi connectivity index (χ4n) is 1.87. The Bertz CT molecular complexity index is 195. The Labute approximate surface area is 74.9 Å². The van der Waals surface area contributed by atoms with Crippen LogP contribution in [0.4, 0.5) is 0 Å². The van der Waals surface area contributed by atoms with Gasteiger partial charge in [-0.15, -0.1) is 0 Å². The molecule has 0 aromatic carbocycles. The first kappa shape index (κ1) is 9.24. The van der Waals surface area contributed by atoms with Crippen LogP contribution in [0.5, 0.6) is 0 Å². The molecule has 1 saturated carbocycles. The van der Waals surface area contributed by atoms with E-state index in [4.69, 9.17) is 0 Å². The second-order valence-electron chi connectivity index (χ2n) is 3.27. The highest BCUT2D eigenvalue weighted by Crippen LogP contribution is 2.31. The highest BCUT2D eigenvalue weighted by atomic mass is 14.6. The van der Waals surface area contributed by atoms with Crippen LogP contribution in [0, 0.1) is 5.92 Å². The van der Waals surface area contributed by atoms with E-state index >= 15 is 0 Å². The highest BCUT2D eigenvalue weighted by Gasteiger charge is 2.16. The van der Waals surface area contributed by atoms with E-state index in [1.807, 2.05) is 0 Å². The van der Waals surface area contributed by atoms with Crippen LogP contribution in [-0.2, 0) is 0 Å². The van der Waals surface area contributed by atoms with Crippen LogP contribution in [0.15, 0.2) is 28.9 Å². The normalized spacial score (nSPS) is 20.6. The molecule has 0 amide bonds. The molecule has 0 atom stereocenters. The van der Waals surface area contributed by atoms with E-state index in [9.17, 15) is 0 Å². The first-order valence-electron chi connectivity index (χ1n) is 4.67. The van der Waals surface area contributed by atoms with Crippen LogP contribution in [0.25, 0.3) is 0 Å². The molecule has 1 aliphatic rings. The molecular weight excluding hydrogens is 146 g/mol. The van der Waals surface area contributed by atoms with Crippen molar-refractivity contribution in [1.29, 1.82) is 0 Å². The molecule has 0 heterocycles. The summed E-state index contributed by atoms with van der Waals surface area (Å²) in [6, 6.07) is 0. The van der Waals surface area contributed by atoms with Crippen molar-refractivity contribution in [2.24, 2.45) is 10.9 Å². The number of hydrogen-bond donors (Lipinski definition) is 0. The Kier molecular flexibility index (Phi) is 3.78. The molecular formula is C11H17N. The molecule has 0 N–H and O–H groups in total. The largest absolute Gasteiger partial charge is 0.273 e. The minimum absolute atomic E-state index is 0.785. The summed E-state index contributed by atoms with van der Waals surface area (Å²) in [6.07, 6.45) is 11.5. The molecule has 0 aromatic heterocycles. The summed E-state index contributed by atoms with van der Waals surface area (Å²) in [5, 5.41) is 0. The molecule has 1 fully saturated rings. The lowest BCUT2D eigenvalue weighted by Crippen LogP contribution is -1.94. The van der Waals surface area contributed by atoms with E-state index in [0.717, 1.165) is 5.92 Å². The Balaban J connectivity index is 2.55. The predicted octanol–water partition coefficient (Wildman–Crippen LogP) is 3.34. The molecule has 0 radical (unpaired) electrons. The van der Waals surface area contributed by atoms with Gasteiger partial charge in [0.15, 0.2) is 0 Å². The van der Waals surface area contributed by atoms with Gasteiger partial charge >= 0.3 is 0 Å². The summed E-state index contributed by atoms with van der Waals surface area (Å²) in [7, 11) is 0. The third-order valence-electron chi connectivity index (χ3n) is 2.53. The zero-order valence-electron chi connectivity index (χ0n) is 7.79. The van der Waals surface area contributed by atoms with Gasteiger partial charge in [-0.1, -0.05) is 18.9 Å². The summed E-state index contributed by atoms with van der Waals surface area (Å²) < 4.78 is 0. The average Bonchev–Trinajstić information content (AvgIpc) is 2.59. The molecule has 1 heteroatoms. The van der Waals surface area contributed by atoms with Gasteiger partial charge in [0, 0.05) is 6.20 Å². The van der Waals surface area contributed by atoms with Gasteiger partial charge in [0.25, 0.3) is 0 Å². The van der Waals surface area contributed by atoms with Crippen molar-refractivity contribution in [2.45, 2.75) is 32.6 Å². The van der Waals surface area contributed by atoms with E-state index in [2.05, 4.69) is 30.8 Å². The van der Waals surface area contributed by atoms with Crippen LogP contribution in [0.2, 0.25) is 0 Å². The summed E-state index contributed by atoms with van der Waals surface area (Å²) >= 11 is 0. The molecule has 1 rings (SSSR count). The lowest BCUT2D eigenvalue weighted by Gasteiger charge is -2.08. The number of allylic oxidation sites excluding steroid dienone is 3. The van der Waals surface area contributed by atoms with Crippen LogP contribution in [-0.4, -0.2) is 6.72 Å². The van der Waals surface area contributed by atoms with E-state index in [1.165, 1.54) is 31.3 Å². The van der Waals surface area contributed by atoms with Gasteiger partial charge in [0.1, 0.15) is 0 Å². The van der Waals surface area contributed by atoms with Gasteiger partial charge < -0.3 is 0 Å². The van der Waals surface area contributed by atoms with Gasteiger partial charge in [-0.2, -0.15) is 0 Å². The van der Waals surface area contributed by atoms with Crippen molar-refractivity contribution < 1.29 is 0 Å². The maximum absolute atomic E-state index is 3.72. The van der Waals surface area contributed by atoms with Gasteiger partial charge in [-0.25, -0.2) is 0 Å². The van der Waals surface area contributed by atoms with Gasteiger partial charge in [0.2, 0.25) is 0 Å². The second kappa shape index (κ2) is 4.91. The quantitative estimate of drug-likeness (QED) is 0.447. The van der Waals surface area contributed by atoms with E-state index < -0.39 is 0 Å². The number of nitrogens with zero attached hydrogens (tertiary/aromatic N) is 1. The van der Waals surface area contributed by atoms with Gasteiger partial charge in [-0.3, -0.25) is 4.99 Å². The zero-order valence-corrected chi connectivity index (χ0v) is 7.79. The molecule has 0 aliphatic heterocycles. The predicted molar refractivity (Wildman–Crippen MR) is 54.4 cm³/mol. The number of hydrogen-bond acceptors (Lipinski definition) is 1. The molecule has 0 aromatic rings. The molecule has 12 heavy (non-hydrogen) atoms. The fraction of sp³-hybridized carbons (Fsp3) is 0.545. The molecule has 0 bridgehead atoms. The maximum atomic E-state index is 3.72. The monoisotopic (exact) mass is 163 g/mol. The highest BCUT2D eigenvalue weighted by molar-refractivity contribution is 5.28. The number of rotatable bonds is 3. The van der Waals surface area contributed by atoms with E-state index in [0.29, 0.717) is 0 Å². The van der Waals surface area contributed by atoms with Crippen molar-refractivity contribution in [3.05, 3.63) is 23.9 Å². The topological polar surface area (TPSA) is 12.4 Å². The van der Waals surface area contributed by atoms with Crippen molar-refractivity contribution in [3.8, 4) is 0 Å². The van der Waals surface area contributed by atoms with Crippen LogP contribution in [0.1, 0.15) is 32.6 Å². The summed E-state index contributed by atoms with van der Waals surface area (Å²) in [5.74, 6) is 0.785. The first-order chi connectivity index (χ1) is 5.88. The van der Waals surface area contributed by atoms with Crippen molar-refractivity contribution >= 4 is 6.72 Å².